The van der Waals surface area contributed by atoms with Crippen LogP contribution >= 0.6 is 0 Å². The standard InChI is InChI=1S/C5H10N2O/c1-5(2,3)8-7-4-6/h6H,1-3H3. The van der Waals surface area contributed by atoms with Crippen LogP contribution < -0.4 is 0 Å². The Bertz CT molecular complexity index is 108. The highest BCUT2D eigenvalue weighted by Crippen LogP contribution is 2.05. The molecule has 46 valence electrons. The minimum Gasteiger partial charge on any atom is -0.382 e. The Morgan fingerprint density at radius 3 is 2.12 bits per heavy atom. The molecule has 3 heteroatoms. The molecule has 0 fully saturated rings. The molecule has 0 bridgehead atoms. The van der Waals surface area contributed by atoms with Gasteiger partial charge in [-0.1, -0.05) is 0 Å². The third-order valence-corrected chi connectivity index (χ3v) is 0.365. The molecule has 0 aromatic rings. The molecule has 0 spiro atoms. The minimum absolute atomic E-state index is 0.298. The zero-order valence-corrected chi connectivity index (χ0v) is 5.36. The van der Waals surface area contributed by atoms with Crippen LogP contribution in [-0.2, 0) is 4.84 Å². The molecule has 0 aliphatic carbocycles. The van der Waals surface area contributed by atoms with Crippen LogP contribution in [0.3, 0.4) is 0 Å². The molecule has 0 saturated heterocycles. The molecule has 0 radical (unpaired) electrons. The van der Waals surface area contributed by atoms with Crippen molar-refractivity contribution >= 4 is 6.01 Å². The molecule has 8 heavy (non-hydrogen) atoms. The van der Waals surface area contributed by atoms with Crippen LogP contribution in [0.2, 0.25) is 0 Å². The van der Waals surface area contributed by atoms with Gasteiger partial charge in [0.1, 0.15) is 11.6 Å². The maximum Gasteiger partial charge on any atom is 0.132 e. The van der Waals surface area contributed by atoms with Gasteiger partial charge in [-0.05, 0) is 25.9 Å². The lowest BCUT2D eigenvalue weighted by Gasteiger charge is -2.12. The summed E-state index contributed by atoms with van der Waals surface area (Å²) in [5.74, 6) is 0. The Morgan fingerprint density at radius 1 is 1.50 bits per heavy atom. The van der Waals surface area contributed by atoms with E-state index in [2.05, 4.69) is 5.16 Å². The number of nitrogens with zero attached hydrogens (tertiary/aromatic N) is 1. The highest BCUT2D eigenvalue weighted by Gasteiger charge is 2.08. The first-order valence-corrected chi connectivity index (χ1v) is 2.36. The van der Waals surface area contributed by atoms with Crippen molar-refractivity contribution in [1.82, 2.24) is 0 Å². The van der Waals surface area contributed by atoms with Crippen molar-refractivity contribution in [3.8, 4) is 0 Å². The largest absolute Gasteiger partial charge is 0.382 e. The molecule has 0 rings (SSSR count). The lowest BCUT2D eigenvalue weighted by atomic mass is 10.2. The predicted octanol–water partition coefficient (Wildman–Crippen LogP) is 1.47. The van der Waals surface area contributed by atoms with Gasteiger partial charge in [-0.2, -0.15) is 0 Å². The molecule has 0 saturated carbocycles. The zero-order valence-electron chi connectivity index (χ0n) is 5.36. The molecule has 3 nitrogen and oxygen atoms in total. The molecular weight excluding hydrogens is 104 g/mol. The summed E-state index contributed by atoms with van der Waals surface area (Å²) in [6, 6.07) is 1.78. The highest BCUT2D eigenvalue weighted by molar-refractivity contribution is 5.34. The fraction of sp³-hybridized carbons (Fsp3) is 0.800. The fourth-order valence-corrected chi connectivity index (χ4v) is 0.160. The lowest BCUT2D eigenvalue weighted by molar-refractivity contribution is 0.00207. The second-order valence-electron chi connectivity index (χ2n) is 2.41. The van der Waals surface area contributed by atoms with E-state index in [0.717, 1.165) is 0 Å². The Kier molecular flexibility index (Phi) is 2.22. The molecule has 0 aromatic heterocycles. The van der Waals surface area contributed by atoms with Crippen LogP contribution in [0, 0.1) is 5.41 Å². The molecule has 0 aromatic carbocycles. The van der Waals surface area contributed by atoms with Crippen molar-refractivity contribution in [2.45, 2.75) is 26.4 Å². The van der Waals surface area contributed by atoms with Gasteiger partial charge >= 0.3 is 0 Å². The third-order valence-electron chi connectivity index (χ3n) is 0.365. The Balaban J connectivity index is 3.55. The van der Waals surface area contributed by atoms with Crippen molar-refractivity contribution in [2.75, 3.05) is 0 Å². The molecular formula is C5H10N2O. The third kappa shape index (κ3) is 5.18. The second kappa shape index (κ2) is 2.48. The number of rotatable bonds is 1. The van der Waals surface area contributed by atoms with Gasteiger partial charge in [0.15, 0.2) is 0 Å². The molecule has 0 heterocycles. The van der Waals surface area contributed by atoms with Crippen molar-refractivity contribution in [2.24, 2.45) is 5.16 Å². The van der Waals surface area contributed by atoms with Gasteiger partial charge < -0.3 is 4.84 Å². The first-order chi connectivity index (χ1) is 3.56. The smallest absolute Gasteiger partial charge is 0.132 e. The summed E-state index contributed by atoms with van der Waals surface area (Å²) in [6.07, 6.45) is 0. The van der Waals surface area contributed by atoms with Crippen LogP contribution in [-0.4, -0.2) is 11.6 Å². The van der Waals surface area contributed by atoms with Crippen LogP contribution in [0.5, 0.6) is 0 Å². The average molecular weight is 114 g/mol. The Labute approximate surface area is 48.8 Å². The quantitative estimate of drug-likeness (QED) is 0.407. The summed E-state index contributed by atoms with van der Waals surface area (Å²) in [7, 11) is 0. The zero-order chi connectivity index (χ0) is 6.62. The van der Waals surface area contributed by atoms with Crippen molar-refractivity contribution < 1.29 is 4.84 Å². The maximum atomic E-state index is 6.34. The average Bonchev–Trinajstić information content (AvgIpc) is 1.59. The van der Waals surface area contributed by atoms with Crippen molar-refractivity contribution in [1.29, 1.82) is 5.41 Å². The summed E-state index contributed by atoms with van der Waals surface area (Å²) >= 11 is 0. The van der Waals surface area contributed by atoms with Crippen molar-refractivity contribution in [3.63, 3.8) is 0 Å². The summed E-state index contributed by atoms with van der Waals surface area (Å²) in [6.45, 7) is 5.56. The molecule has 0 amide bonds. The molecule has 0 atom stereocenters. The number of hydrogen-bond donors (Lipinski definition) is 1. The van der Waals surface area contributed by atoms with Gasteiger partial charge in [0.25, 0.3) is 0 Å². The first-order valence-electron chi connectivity index (χ1n) is 2.36. The molecule has 1 N–H and O–H groups in total. The summed E-state index contributed by atoms with van der Waals surface area (Å²) in [5.41, 5.74) is -0.298. The van der Waals surface area contributed by atoms with Gasteiger partial charge in [0.2, 0.25) is 0 Å². The molecule has 0 unspecified atom stereocenters. The van der Waals surface area contributed by atoms with E-state index in [-0.39, 0.29) is 5.60 Å². The Hall–Kier alpha value is -0.820. The van der Waals surface area contributed by atoms with Gasteiger partial charge in [-0.3, -0.25) is 0 Å². The molecule has 0 aliphatic heterocycles. The van der Waals surface area contributed by atoms with E-state index in [0.29, 0.717) is 0 Å². The van der Waals surface area contributed by atoms with Crippen molar-refractivity contribution in [3.05, 3.63) is 0 Å². The van der Waals surface area contributed by atoms with E-state index in [4.69, 9.17) is 10.2 Å². The van der Waals surface area contributed by atoms with Crippen LogP contribution in [0.1, 0.15) is 20.8 Å². The maximum absolute atomic E-state index is 6.34. The van der Waals surface area contributed by atoms with E-state index in [1.54, 1.807) is 6.01 Å². The topological polar surface area (TPSA) is 45.4 Å². The highest BCUT2D eigenvalue weighted by atomic mass is 16.6. The second-order valence-corrected chi connectivity index (χ2v) is 2.41. The van der Waals surface area contributed by atoms with E-state index in [1.807, 2.05) is 20.8 Å². The van der Waals surface area contributed by atoms with E-state index in [1.165, 1.54) is 0 Å². The lowest BCUT2D eigenvalue weighted by Crippen LogP contribution is -2.14. The normalized spacial score (nSPS) is 9.88. The van der Waals surface area contributed by atoms with Crippen LogP contribution in [0.15, 0.2) is 5.16 Å². The van der Waals surface area contributed by atoms with Gasteiger partial charge in [-0.25, -0.2) is 5.41 Å². The predicted molar refractivity (Wildman–Crippen MR) is 31.0 cm³/mol. The SMILES string of the molecule is CC(C)(C)ON=C=N. The van der Waals surface area contributed by atoms with Crippen LogP contribution in [0.4, 0.5) is 0 Å². The van der Waals surface area contributed by atoms with Gasteiger partial charge in [-0.15, -0.1) is 0 Å². The van der Waals surface area contributed by atoms with E-state index in [9.17, 15) is 0 Å². The minimum atomic E-state index is -0.298. The fourth-order valence-electron chi connectivity index (χ4n) is 0.160. The van der Waals surface area contributed by atoms with Gasteiger partial charge in [0, 0.05) is 0 Å². The van der Waals surface area contributed by atoms with E-state index >= 15 is 0 Å². The summed E-state index contributed by atoms with van der Waals surface area (Å²) in [5, 5.41) is 9.50. The number of nitrogens with one attached hydrogen (secondary N) is 1. The Morgan fingerprint density at radius 2 is 2.00 bits per heavy atom. The van der Waals surface area contributed by atoms with E-state index < -0.39 is 0 Å². The van der Waals surface area contributed by atoms with Gasteiger partial charge in [0.05, 0.1) is 0 Å². The monoisotopic (exact) mass is 114 g/mol. The van der Waals surface area contributed by atoms with Crippen LogP contribution in [0.25, 0.3) is 0 Å². The number of hydrogen-bond acceptors (Lipinski definition) is 3. The first kappa shape index (κ1) is 7.18. The summed E-state index contributed by atoms with van der Waals surface area (Å²) < 4.78 is 0. The molecule has 0 aliphatic rings. The summed E-state index contributed by atoms with van der Waals surface area (Å²) in [4.78, 5) is 4.70.